The summed E-state index contributed by atoms with van der Waals surface area (Å²) >= 11 is 7.10. The number of rotatable bonds is 5. The lowest BCUT2D eigenvalue weighted by Crippen LogP contribution is -2.07. The first kappa shape index (κ1) is 17.0. The molecular weight excluding hydrogens is 347 g/mol. The van der Waals surface area contributed by atoms with Crippen LogP contribution >= 0.6 is 31.4 Å². The number of pyridine rings is 1. The molecule has 0 amide bonds. The summed E-state index contributed by atoms with van der Waals surface area (Å²) in [5, 5.41) is 12.4. The fourth-order valence-electron chi connectivity index (χ4n) is 1.74. The van der Waals surface area contributed by atoms with Crippen molar-refractivity contribution in [2.45, 2.75) is 16.8 Å². The van der Waals surface area contributed by atoms with Gasteiger partial charge in [0.2, 0.25) is 8.03 Å². The number of benzene rings is 1. The Balaban J connectivity index is 2.45. The molecule has 0 aliphatic carbocycles. The predicted molar refractivity (Wildman–Crippen MR) is 86.8 cm³/mol. The zero-order chi connectivity index (χ0) is 16.3. The van der Waals surface area contributed by atoms with E-state index in [1.807, 2.05) is 0 Å². The molecule has 0 bridgehead atoms. The second kappa shape index (κ2) is 7.24. The molecule has 2 aromatic rings. The number of nitro benzene ring substituents is 1. The van der Waals surface area contributed by atoms with E-state index in [0.717, 1.165) is 4.90 Å². The van der Waals surface area contributed by atoms with Gasteiger partial charge in [-0.1, -0.05) is 23.4 Å². The van der Waals surface area contributed by atoms with E-state index >= 15 is 0 Å². The van der Waals surface area contributed by atoms with Crippen molar-refractivity contribution < 1.29 is 14.0 Å². The Kier molecular flexibility index (Phi) is 5.58. The van der Waals surface area contributed by atoms with Crippen LogP contribution in [0.1, 0.15) is 5.56 Å². The van der Waals surface area contributed by atoms with Gasteiger partial charge in [-0.05, 0) is 30.7 Å². The maximum atomic E-state index is 11.9. The average Bonchev–Trinajstić information content (AvgIpc) is 2.50. The topological polar surface area (TPSA) is 82.3 Å². The van der Waals surface area contributed by atoms with Crippen molar-refractivity contribution in [3.8, 4) is 0 Å². The van der Waals surface area contributed by atoms with E-state index in [4.69, 9.17) is 16.1 Å². The lowest BCUT2D eigenvalue weighted by molar-refractivity contribution is -0.383. The van der Waals surface area contributed by atoms with Gasteiger partial charge in [-0.2, -0.15) is 0 Å². The van der Waals surface area contributed by atoms with Crippen molar-refractivity contribution in [1.82, 2.24) is 4.98 Å². The first-order chi connectivity index (χ1) is 10.4. The Morgan fingerprint density at radius 2 is 2.14 bits per heavy atom. The van der Waals surface area contributed by atoms with Crippen LogP contribution in [-0.4, -0.2) is 17.0 Å². The Morgan fingerprint density at radius 1 is 1.41 bits per heavy atom. The minimum absolute atomic E-state index is 0.0968. The lowest BCUT2D eigenvalue weighted by Gasteiger charge is -2.09. The number of nitro groups is 1. The molecule has 116 valence electrons. The highest BCUT2D eigenvalue weighted by molar-refractivity contribution is 7.99. The normalized spacial score (nSPS) is 12.1. The average molecular weight is 359 g/mol. The van der Waals surface area contributed by atoms with Crippen LogP contribution in [0.15, 0.2) is 40.4 Å². The summed E-state index contributed by atoms with van der Waals surface area (Å²) in [5.74, 6) is 0. The molecule has 6 nitrogen and oxygen atoms in total. The summed E-state index contributed by atoms with van der Waals surface area (Å²) < 4.78 is 16.7. The Bertz CT molecular complexity index is 740. The van der Waals surface area contributed by atoms with Crippen LogP contribution in [-0.2, 0) is 9.09 Å². The van der Waals surface area contributed by atoms with Gasteiger partial charge in [-0.25, -0.2) is 4.98 Å². The predicted octanol–water partition coefficient (Wildman–Crippen LogP) is 3.85. The van der Waals surface area contributed by atoms with Gasteiger partial charge in [-0.15, -0.1) is 0 Å². The van der Waals surface area contributed by atoms with Crippen LogP contribution in [0.4, 0.5) is 5.69 Å². The van der Waals surface area contributed by atoms with Crippen LogP contribution in [0, 0.1) is 17.0 Å². The number of aromatic nitrogens is 1. The molecule has 0 aliphatic rings. The molecule has 0 fully saturated rings. The molecule has 9 heteroatoms. The molecule has 0 saturated carbocycles. The molecule has 1 heterocycles. The maximum Gasteiger partial charge on any atom is 0.282 e. The molecule has 1 atom stereocenters. The number of aryl methyl sites for hydroxylation is 1. The minimum Gasteiger partial charge on any atom is -0.330 e. The van der Waals surface area contributed by atoms with Gasteiger partial charge in [0.15, 0.2) is 0 Å². The van der Waals surface area contributed by atoms with E-state index in [9.17, 15) is 14.7 Å². The van der Waals surface area contributed by atoms with Crippen LogP contribution in [0.2, 0.25) is 5.02 Å². The second-order valence-corrected chi connectivity index (χ2v) is 7.32. The van der Waals surface area contributed by atoms with Gasteiger partial charge in [-0.3, -0.25) is 14.7 Å². The van der Waals surface area contributed by atoms with E-state index in [1.165, 1.54) is 37.2 Å². The van der Waals surface area contributed by atoms with E-state index < -0.39 is 13.0 Å². The lowest BCUT2D eigenvalue weighted by atomic mass is 10.2. The highest BCUT2D eigenvalue weighted by atomic mass is 35.5. The van der Waals surface area contributed by atoms with Crippen molar-refractivity contribution in [3.05, 3.63) is 51.2 Å². The van der Waals surface area contributed by atoms with Crippen molar-refractivity contribution in [2.24, 2.45) is 0 Å². The van der Waals surface area contributed by atoms with Gasteiger partial charge < -0.3 is 4.52 Å². The molecule has 1 aromatic heterocycles. The zero-order valence-corrected chi connectivity index (χ0v) is 14.3. The Morgan fingerprint density at radius 3 is 2.68 bits per heavy atom. The van der Waals surface area contributed by atoms with Crippen molar-refractivity contribution in [3.63, 3.8) is 0 Å². The summed E-state index contributed by atoms with van der Waals surface area (Å²) in [6.45, 7) is 1.75. The molecule has 2 rings (SSSR count). The molecule has 0 aliphatic heterocycles. The third-order valence-electron chi connectivity index (χ3n) is 2.81. The van der Waals surface area contributed by atoms with Gasteiger partial charge in [0.25, 0.3) is 5.69 Å². The monoisotopic (exact) mass is 358 g/mol. The number of hydrogen-bond acceptors (Lipinski definition) is 6. The molecule has 1 unspecified atom stereocenters. The molecule has 0 spiro atoms. The number of halogens is 1. The van der Waals surface area contributed by atoms with Crippen LogP contribution in [0.5, 0.6) is 0 Å². The van der Waals surface area contributed by atoms with Crippen molar-refractivity contribution >= 4 is 42.4 Å². The van der Waals surface area contributed by atoms with E-state index in [1.54, 1.807) is 19.1 Å². The summed E-state index contributed by atoms with van der Waals surface area (Å²) in [6.07, 6.45) is 1.52. The Labute approximate surface area is 136 Å². The van der Waals surface area contributed by atoms with Crippen molar-refractivity contribution in [2.75, 3.05) is 7.11 Å². The molecular formula is C13H12ClN2O4PS. The quantitative estimate of drug-likeness (QED) is 0.458. The largest absolute Gasteiger partial charge is 0.330 e. The molecule has 0 saturated heterocycles. The van der Waals surface area contributed by atoms with Crippen molar-refractivity contribution in [1.29, 1.82) is 0 Å². The number of nitrogens with zero attached hydrogens (tertiary/aromatic N) is 2. The van der Waals surface area contributed by atoms with Gasteiger partial charge in [0.05, 0.1) is 9.95 Å². The van der Waals surface area contributed by atoms with Gasteiger partial charge >= 0.3 is 0 Å². The second-order valence-electron chi connectivity index (χ2n) is 4.30. The highest BCUT2D eigenvalue weighted by Gasteiger charge is 2.21. The standard InChI is InChI=1S/C13H12ClN2O4PS/c1-8-5-10(16(17)18)11(21(19)20-2)6-12(8)22-13-4-3-9(14)7-15-13/h3-7,21H,1-2H3. The smallest absolute Gasteiger partial charge is 0.282 e. The van der Waals surface area contributed by atoms with E-state index in [-0.39, 0.29) is 11.0 Å². The highest BCUT2D eigenvalue weighted by Crippen LogP contribution is 2.35. The third-order valence-corrected chi connectivity index (χ3v) is 5.36. The van der Waals surface area contributed by atoms with Gasteiger partial charge in [0, 0.05) is 24.3 Å². The molecule has 0 N–H and O–H groups in total. The van der Waals surface area contributed by atoms with Crippen LogP contribution in [0.3, 0.4) is 0 Å². The summed E-state index contributed by atoms with van der Waals surface area (Å²) in [4.78, 5) is 15.4. The fraction of sp³-hybridized carbons (Fsp3) is 0.154. The maximum absolute atomic E-state index is 11.9. The van der Waals surface area contributed by atoms with Crippen LogP contribution in [0.25, 0.3) is 0 Å². The number of hydrogen-bond donors (Lipinski definition) is 0. The first-order valence-electron chi connectivity index (χ1n) is 6.09. The Hall–Kier alpha value is -1.40. The molecule has 1 aromatic carbocycles. The SMILES string of the molecule is CO[PH](=O)c1cc(Sc2ccc(Cl)cn2)c(C)cc1[N+](=O)[O-]. The first-order valence-corrected chi connectivity index (χ1v) is 8.60. The molecule has 22 heavy (non-hydrogen) atoms. The summed E-state index contributed by atoms with van der Waals surface area (Å²) in [5.41, 5.74) is 0.500. The van der Waals surface area contributed by atoms with Gasteiger partial charge in [0.1, 0.15) is 10.3 Å². The van der Waals surface area contributed by atoms with E-state index in [2.05, 4.69) is 4.98 Å². The zero-order valence-electron chi connectivity index (χ0n) is 11.7. The van der Waals surface area contributed by atoms with Crippen LogP contribution < -0.4 is 5.30 Å². The summed E-state index contributed by atoms with van der Waals surface area (Å²) in [7, 11) is -1.40. The molecule has 0 radical (unpaired) electrons. The minimum atomic E-state index is -2.66. The third kappa shape index (κ3) is 3.87. The summed E-state index contributed by atoms with van der Waals surface area (Å²) in [6, 6.07) is 6.37. The fourth-order valence-corrected chi connectivity index (χ4v) is 3.68. The van der Waals surface area contributed by atoms with E-state index in [0.29, 0.717) is 15.6 Å².